The van der Waals surface area contributed by atoms with Crippen LogP contribution in [0.2, 0.25) is 0 Å². The molecule has 1 unspecified atom stereocenters. The third-order valence-corrected chi connectivity index (χ3v) is 4.33. The van der Waals surface area contributed by atoms with Crippen molar-refractivity contribution < 1.29 is 14.3 Å². The van der Waals surface area contributed by atoms with Gasteiger partial charge in [-0.25, -0.2) is 0 Å². The number of hydrogen-bond donors (Lipinski definition) is 2. The molecule has 0 saturated carbocycles. The summed E-state index contributed by atoms with van der Waals surface area (Å²) in [6.45, 7) is 11.1. The first kappa shape index (κ1) is 20.1. The lowest BCUT2D eigenvalue weighted by Gasteiger charge is -2.27. The molecule has 0 bridgehead atoms. The van der Waals surface area contributed by atoms with Gasteiger partial charge in [-0.05, 0) is 58.5 Å². The van der Waals surface area contributed by atoms with Gasteiger partial charge in [0, 0.05) is 20.3 Å². The van der Waals surface area contributed by atoms with Crippen molar-refractivity contribution in [3.8, 4) is 0 Å². The fourth-order valence-corrected chi connectivity index (χ4v) is 2.83. The number of methoxy groups -OCH3 is 1. The number of piperidine rings is 1. The quantitative estimate of drug-likeness (QED) is 0.572. The van der Waals surface area contributed by atoms with Gasteiger partial charge in [-0.15, -0.1) is 6.58 Å². The topological polar surface area (TPSA) is 59.6 Å². The van der Waals surface area contributed by atoms with Gasteiger partial charge in [0.25, 0.3) is 0 Å². The first-order valence-corrected chi connectivity index (χ1v) is 8.72. The van der Waals surface area contributed by atoms with E-state index in [-0.39, 0.29) is 12.0 Å². The summed E-state index contributed by atoms with van der Waals surface area (Å²) in [5.41, 5.74) is -0.454. The molecular formula is C18H34N2O3. The van der Waals surface area contributed by atoms with E-state index in [9.17, 15) is 4.79 Å². The third kappa shape index (κ3) is 9.08. The Hall–Kier alpha value is -0.910. The molecule has 1 aliphatic heterocycles. The molecule has 0 aromatic rings. The van der Waals surface area contributed by atoms with Crippen LogP contribution >= 0.6 is 0 Å². The van der Waals surface area contributed by atoms with Gasteiger partial charge in [-0.2, -0.15) is 0 Å². The van der Waals surface area contributed by atoms with Crippen molar-refractivity contribution in [3.05, 3.63) is 12.7 Å². The van der Waals surface area contributed by atoms with Crippen LogP contribution < -0.4 is 10.6 Å². The summed E-state index contributed by atoms with van der Waals surface area (Å²) < 4.78 is 11.2. The number of carbonyl (C=O) groups is 1. The first-order valence-electron chi connectivity index (χ1n) is 8.72. The largest absolute Gasteiger partial charge is 0.381 e. The Morgan fingerprint density at radius 3 is 2.74 bits per heavy atom. The van der Waals surface area contributed by atoms with Gasteiger partial charge in [0.1, 0.15) is 0 Å². The predicted octanol–water partition coefficient (Wildman–Crippen LogP) is 2.27. The van der Waals surface area contributed by atoms with Crippen LogP contribution in [0, 0.1) is 5.92 Å². The summed E-state index contributed by atoms with van der Waals surface area (Å²) in [6.07, 6.45) is 6.28. The van der Waals surface area contributed by atoms with E-state index < -0.39 is 5.60 Å². The lowest BCUT2D eigenvalue weighted by Crippen LogP contribution is -2.39. The van der Waals surface area contributed by atoms with Crippen LogP contribution in [0.1, 0.15) is 46.0 Å². The number of amides is 1. The predicted molar refractivity (Wildman–Crippen MR) is 93.5 cm³/mol. The molecule has 5 heteroatoms. The van der Waals surface area contributed by atoms with Crippen LogP contribution in [0.4, 0.5) is 0 Å². The van der Waals surface area contributed by atoms with Crippen molar-refractivity contribution in [3.63, 3.8) is 0 Å². The van der Waals surface area contributed by atoms with Gasteiger partial charge < -0.3 is 20.1 Å². The number of ether oxygens (including phenoxy) is 2. The molecule has 1 aliphatic rings. The van der Waals surface area contributed by atoms with Crippen molar-refractivity contribution in [2.45, 2.75) is 57.7 Å². The minimum atomic E-state index is -0.454. The van der Waals surface area contributed by atoms with Crippen molar-refractivity contribution >= 4 is 5.91 Å². The highest BCUT2D eigenvalue weighted by molar-refractivity contribution is 5.76. The van der Waals surface area contributed by atoms with E-state index in [1.165, 1.54) is 0 Å². The maximum absolute atomic E-state index is 12.1. The summed E-state index contributed by atoms with van der Waals surface area (Å²) in [7, 11) is 1.70. The minimum absolute atomic E-state index is 0.0721. The average molecular weight is 326 g/mol. The van der Waals surface area contributed by atoms with E-state index in [2.05, 4.69) is 17.2 Å². The molecule has 0 aliphatic carbocycles. The zero-order valence-corrected chi connectivity index (χ0v) is 15.0. The Labute approximate surface area is 141 Å². The summed E-state index contributed by atoms with van der Waals surface area (Å²) in [5, 5.41) is 6.39. The van der Waals surface area contributed by atoms with Crippen LogP contribution in [-0.2, 0) is 14.3 Å². The molecule has 5 nitrogen and oxygen atoms in total. The highest BCUT2D eigenvalue weighted by Gasteiger charge is 2.24. The van der Waals surface area contributed by atoms with E-state index >= 15 is 0 Å². The number of hydrogen-bond acceptors (Lipinski definition) is 4. The minimum Gasteiger partial charge on any atom is -0.381 e. The number of rotatable bonds is 11. The summed E-state index contributed by atoms with van der Waals surface area (Å²) in [6, 6.07) is 0. The van der Waals surface area contributed by atoms with E-state index in [0.29, 0.717) is 18.9 Å². The molecule has 0 aromatic heterocycles. The second-order valence-electron chi connectivity index (χ2n) is 6.95. The van der Waals surface area contributed by atoms with Crippen LogP contribution in [0.25, 0.3) is 0 Å². The molecular weight excluding hydrogens is 292 g/mol. The Balaban J connectivity index is 2.21. The molecule has 0 radical (unpaired) electrons. The molecule has 1 rings (SSSR count). The van der Waals surface area contributed by atoms with Gasteiger partial charge in [-0.1, -0.05) is 6.08 Å². The van der Waals surface area contributed by atoms with E-state index in [0.717, 1.165) is 45.3 Å². The van der Waals surface area contributed by atoms with Gasteiger partial charge in [0.15, 0.2) is 0 Å². The van der Waals surface area contributed by atoms with Gasteiger partial charge >= 0.3 is 0 Å². The Morgan fingerprint density at radius 1 is 1.43 bits per heavy atom. The lowest BCUT2D eigenvalue weighted by molar-refractivity contribution is -0.128. The number of nitrogens with one attached hydrogen (secondary N) is 2. The Kier molecular flexibility index (Phi) is 9.44. The molecule has 1 saturated heterocycles. The second-order valence-corrected chi connectivity index (χ2v) is 6.95. The number of carbonyl (C=O) groups excluding carboxylic acids is 1. The van der Waals surface area contributed by atoms with E-state index in [1.54, 1.807) is 7.11 Å². The molecule has 0 spiro atoms. The summed E-state index contributed by atoms with van der Waals surface area (Å²) in [4.78, 5) is 12.1. The van der Waals surface area contributed by atoms with E-state index in [1.807, 2.05) is 19.9 Å². The molecule has 2 N–H and O–H groups in total. The van der Waals surface area contributed by atoms with Crippen molar-refractivity contribution in [1.82, 2.24) is 10.6 Å². The highest BCUT2D eigenvalue weighted by Crippen LogP contribution is 2.17. The molecule has 134 valence electrons. The normalized spacial score (nSPS) is 17.7. The Bertz CT molecular complexity index is 352. The zero-order valence-electron chi connectivity index (χ0n) is 15.0. The molecule has 1 heterocycles. The van der Waals surface area contributed by atoms with Crippen LogP contribution in [0.15, 0.2) is 12.7 Å². The Morgan fingerprint density at radius 2 is 2.13 bits per heavy atom. The summed E-state index contributed by atoms with van der Waals surface area (Å²) >= 11 is 0. The van der Waals surface area contributed by atoms with Crippen LogP contribution in [0.5, 0.6) is 0 Å². The van der Waals surface area contributed by atoms with Crippen molar-refractivity contribution in [1.29, 1.82) is 0 Å². The third-order valence-electron chi connectivity index (χ3n) is 4.33. The molecule has 23 heavy (non-hydrogen) atoms. The zero-order chi connectivity index (χ0) is 17.1. The average Bonchev–Trinajstić information content (AvgIpc) is 2.52. The highest BCUT2D eigenvalue weighted by atomic mass is 16.5. The molecule has 1 atom stereocenters. The standard InChI is InChI=1S/C18H34N2O3/c1-5-6-16(22-4)9-12-23-18(2,3)13-17(21)20-14-15-7-10-19-11-8-15/h5,15-16,19H,1,6-14H2,2-4H3,(H,20,21). The monoisotopic (exact) mass is 326 g/mol. The maximum Gasteiger partial charge on any atom is 0.222 e. The van der Waals surface area contributed by atoms with Gasteiger partial charge in [0.05, 0.1) is 18.1 Å². The van der Waals surface area contributed by atoms with Gasteiger partial charge in [-0.3, -0.25) is 4.79 Å². The molecule has 0 aromatic carbocycles. The first-order chi connectivity index (χ1) is 11.0. The van der Waals surface area contributed by atoms with Crippen molar-refractivity contribution in [2.75, 3.05) is 33.4 Å². The van der Waals surface area contributed by atoms with Gasteiger partial charge in [0.2, 0.25) is 5.91 Å². The van der Waals surface area contributed by atoms with Crippen molar-refractivity contribution in [2.24, 2.45) is 5.92 Å². The van der Waals surface area contributed by atoms with E-state index in [4.69, 9.17) is 9.47 Å². The molecule has 1 amide bonds. The van der Waals surface area contributed by atoms with Crippen LogP contribution in [-0.4, -0.2) is 51.0 Å². The maximum atomic E-state index is 12.1. The SMILES string of the molecule is C=CCC(CCOC(C)(C)CC(=O)NCC1CCNCC1)OC. The molecule has 1 fully saturated rings. The summed E-state index contributed by atoms with van der Waals surface area (Å²) in [5.74, 6) is 0.675. The smallest absolute Gasteiger partial charge is 0.222 e. The van der Waals surface area contributed by atoms with Crippen LogP contribution in [0.3, 0.4) is 0 Å². The second kappa shape index (κ2) is 10.8. The fourth-order valence-electron chi connectivity index (χ4n) is 2.83. The fraction of sp³-hybridized carbons (Fsp3) is 0.833. The lowest BCUT2D eigenvalue weighted by atomic mass is 9.98.